The second kappa shape index (κ2) is 6.70. The summed E-state index contributed by atoms with van der Waals surface area (Å²) in [5, 5.41) is 0. The second-order valence-electron chi connectivity index (χ2n) is 5.31. The molecular weight excluding hydrogens is 251 g/mol. The van der Waals surface area contributed by atoms with E-state index in [4.69, 9.17) is 7.85 Å². The monoisotopic (exact) mass is 270 g/mol. The summed E-state index contributed by atoms with van der Waals surface area (Å²) in [5.74, 6) is -0.349. The van der Waals surface area contributed by atoms with Gasteiger partial charge in [-0.1, -0.05) is 30.3 Å². The Morgan fingerprint density at radius 1 is 1.25 bits per heavy atom. The van der Waals surface area contributed by atoms with Crippen LogP contribution in [0.4, 0.5) is 4.79 Å². The van der Waals surface area contributed by atoms with Crippen LogP contribution in [0.2, 0.25) is 0 Å². The fraction of sp³-hybridized carbons (Fsp3) is 0.467. The lowest BCUT2D eigenvalue weighted by Crippen LogP contribution is -2.55. The lowest BCUT2D eigenvalue weighted by Gasteiger charge is -2.41. The van der Waals surface area contributed by atoms with Crippen molar-refractivity contribution in [3.05, 3.63) is 35.9 Å². The maximum Gasteiger partial charge on any atom is 0.200 e. The Kier molecular flexibility index (Phi) is 4.96. The predicted molar refractivity (Wildman–Crippen MR) is 78.7 cm³/mol. The fourth-order valence-electron chi connectivity index (χ4n) is 2.70. The first-order valence-electron chi connectivity index (χ1n) is 6.88. The average Bonchev–Trinajstić information content (AvgIpc) is 2.39. The fourth-order valence-corrected chi connectivity index (χ4v) is 2.70. The first-order chi connectivity index (χ1) is 9.56. The van der Waals surface area contributed by atoms with Crippen LogP contribution < -0.4 is 0 Å². The topological polar surface area (TPSA) is 40.6 Å². The number of carbonyl (C=O) groups excluding carboxylic acids is 2. The van der Waals surface area contributed by atoms with E-state index in [1.54, 1.807) is 11.8 Å². The molecule has 20 heavy (non-hydrogen) atoms. The lowest BCUT2D eigenvalue weighted by molar-refractivity contribution is -0.118. The van der Waals surface area contributed by atoms with Crippen molar-refractivity contribution in [2.75, 3.05) is 19.6 Å². The van der Waals surface area contributed by atoms with Crippen LogP contribution in [-0.4, -0.2) is 54.9 Å². The molecule has 0 bridgehead atoms. The van der Waals surface area contributed by atoms with Gasteiger partial charge in [-0.05, 0) is 12.5 Å². The van der Waals surface area contributed by atoms with E-state index in [0.717, 1.165) is 13.1 Å². The van der Waals surface area contributed by atoms with Crippen molar-refractivity contribution in [3.63, 3.8) is 0 Å². The Bertz CT molecular complexity index is 478. The van der Waals surface area contributed by atoms with Crippen LogP contribution in [0.25, 0.3) is 0 Å². The highest BCUT2D eigenvalue weighted by Crippen LogP contribution is 2.16. The van der Waals surface area contributed by atoms with Gasteiger partial charge in [-0.25, -0.2) is 0 Å². The van der Waals surface area contributed by atoms with Gasteiger partial charge in [0.15, 0.2) is 5.81 Å². The molecule has 0 spiro atoms. The molecule has 1 unspecified atom stereocenters. The minimum atomic E-state index is -0.435. The third-order valence-corrected chi connectivity index (χ3v) is 3.62. The number of piperazine rings is 1. The molecule has 1 heterocycles. The number of nitrogens with zero attached hydrogens (tertiary/aromatic N) is 2. The summed E-state index contributed by atoms with van der Waals surface area (Å²) >= 11 is 0. The Morgan fingerprint density at radius 3 is 2.55 bits per heavy atom. The van der Waals surface area contributed by atoms with Gasteiger partial charge >= 0.3 is 0 Å². The van der Waals surface area contributed by atoms with Crippen LogP contribution in [0.1, 0.15) is 18.9 Å². The van der Waals surface area contributed by atoms with Crippen molar-refractivity contribution < 1.29 is 9.59 Å². The van der Waals surface area contributed by atoms with Crippen LogP contribution in [0.3, 0.4) is 0 Å². The Labute approximate surface area is 121 Å². The van der Waals surface area contributed by atoms with Crippen molar-refractivity contribution in [2.24, 2.45) is 0 Å². The maximum absolute atomic E-state index is 11.4. The van der Waals surface area contributed by atoms with Crippen LogP contribution >= 0.6 is 0 Å². The van der Waals surface area contributed by atoms with Gasteiger partial charge in [0.25, 0.3) is 0 Å². The van der Waals surface area contributed by atoms with Crippen molar-refractivity contribution >= 4 is 19.4 Å². The molecular formula is C15H19BN2O2. The molecule has 1 atom stereocenters. The van der Waals surface area contributed by atoms with Gasteiger partial charge < -0.3 is 4.90 Å². The molecule has 0 N–H and O–H groups in total. The normalized spacial score (nSPS) is 19.9. The van der Waals surface area contributed by atoms with Gasteiger partial charge in [0.05, 0.1) is 6.04 Å². The molecule has 104 valence electrons. The zero-order valence-electron chi connectivity index (χ0n) is 11.8. The van der Waals surface area contributed by atoms with Crippen LogP contribution in [-0.2, 0) is 11.3 Å². The summed E-state index contributed by atoms with van der Waals surface area (Å²) in [6.45, 7) is 4.45. The average molecular weight is 270 g/mol. The number of benzene rings is 1. The minimum Gasteiger partial charge on any atom is -0.347 e. The van der Waals surface area contributed by atoms with E-state index in [-0.39, 0.29) is 11.8 Å². The largest absolute Gasteiger partial charge is 0.347 e. The molecule has 5 heteroatoms. The number of carbonyl (C=O) groups is 2. The zero-order valence-corrected chi connectivity index (χ0v) is 11.8. The zero-order chi connectivity index (χ0) is 14.5. The molecule has 0 saturated carbocycles. The molecule has 0 aromatic heterocycles. The van der Waals surface area contributed by atoms with Crippen LogP contribution in [0, 0.1) is 0 Å². The van der Waals surface area contributed by atoms with Gasteiger partial charge in [0.1, 0.15) is 5.78 Å². The molecule has 1 fully saturated rings. The van der Waals surface area contributed by atoms with Crippen molar-refractivity contribution in [2.45, 2.75) is 25.9 Å². The predicted octanol–water partition coefficient (Wildman–Crippen LogP) is 1.44. The number of hydrogen-bond acceptors (Lipinski definition) is 3. The van der Waals surface area contributed by atoms with Gasteiger partial charge in [-0.3, -0.25) is 14.5 Å². The second-order valence-corrected chi connectivity index (χ2v) is 5.31. The van der Waals surface area contributed by atoms with Crippen molar-refractivity contribution in [3.8, 4) is 0 Å². The molecule has 1 aromatic rings. The third kappa shape index (κ3) is 3.94. The standard InChI is InChI=1S/C15H19BN2O2/c1-12(19)9-14-11-17(7-8-18(14)15(16)20)10-13-5-3-2-4-6-13/h2-6,14H,7-11H2,1H3. The Hall–Kier alpha value is -1.62. The minimum absolute atomic E-state index is 0.0859. The number of amides is 1. The highest BCUT2D eigenvalue weighted by molar-refractivity contribution is 6.57. The van der Waals surface area contributed by atoms with E-state index < -0.39 is 5.81 Å². The Morgan fingerprint density at radius 2 is 1.95 bits per heavy atom. The first-order valence-corrected chi connectivity index (χ1v) is 6.88. The van der Waals surface area contributed by atoms with E-state index in [0.29, 0.717) is 19.5 Å². The molecule has 1 aliphatic rings. The summed E-state index contributed by atoms with van der Waals surface area (Å²) in [6, 6.07) is 10.1. The molecule has 1 aliphatic heterocycles. The van der Waals surface area contributed by atoms with Gasteiger partial charge in [-0.2, -0.15) is 0 Å². The molecule has 0 aliphatic carbocycles. The van der Waals surface area contributed by atoms with Crippen LogP contribution in [0.15, 0.2) is 30.3 Å². The smallest absolute Gasteiger partial charge is 0.200 e. The summed E-state index contributed by atoms with van der Waals surface area (Å²) < 4.78 is 0. The quantitative estimate of drug-likeness (QED) is 0.777. The number of hydrogen-bond donors (Lipinski definition) is 0. The highest BCUT2D eigenvalue weighted by atomic mass is 16.2. The van der Waals surface area contributed by atoms with Crippen molar-refractivity contribution in [1.82, 2.24) is 9.80 Å². The molecule has 1 aromatic carbocycles. The van der Waals surface area contributed by atoms with Crippen molar-refractivity contribution in [1.29, 1.82) is 0 Å². The van der Waals surface area contributed by atoms with E-state index in [1.807, 2.05) is 18.2 Å². The third-order valence-electron chi connectivity index (χ3n) is 3.62. The molecule has 4 nitrogen and oxygen atoms in total. The van der Waals surface area contributed by atoms with E-state index in [2.05, 4.69) is 17.0 Å². The first kappa shape index (κ1) is 14.8. The van der Waals surface area contributed by atoms with E-state index in [9.17, 15) is 9.59 Å². The van der Waals surface area contributed by atoms with E-state index >= 15 is 0 Å². The Balaban J connectivity index is 2.01. The lowest BCUT2D eigenvalue weighted by atomic mass is 10.00. The van der Waals surface area contributed by atoms with Gasteiger partial charge in [-0.15, -0.1) is 0 Å². The van der Waals surface area contributed by atoms with E-state index in [1.165, 1.54) is 5.56 Å². The molecule has 1 saturated heterocycles. The van der Waals surface area contributed by atoms with Crippen LogP contribution in [0.5, 0.6) is 0 Å². The number of Topliss-reactive ketones (excluding diaryl/α,β-unsaturated/α-hetero) is 1. The highest BCUT2D eigenvalue weighted by Gasteiger charge is 2.28. The van der Waals surface area contributed by atoms with Gasteiger partial charge in [0.2, 0.25) is 7.85 Å². The molecule has 1 amide bonds. The summed E-state index contributed by atoms with van der Waals surface area (Å²) in [6.07, 6.45) is 0.369. The number of ketones is 1. The maximum atomic E-state index is 11.4. The molecule has 2 radical (unpaired) electrons. The summed E-state index contributed by atoms with van der Waals surface area (Å²) in [7, 11) is 5.39. The SMILES string of the molecule is [B]C(=O)N1CCN(Cc2ccccc2)CC1CC(C)=O. The number of rotatable bonds is 4. The summed E-state index contributed by atoms with van der Waals surface area (Å²) in [4.78, 5) is 26.7. The molecule has 2 rings (SSSR count). The van der Waals surface area contributed by atoms with Gasteiger partial charge in [0, 0.05) is 32.6 Å². The summed E-state index contributed by atoms with van der Waals surface area (Å²) in [5.41, 5.74) is 1.24.